The maximum absolute atomic E-state index is 12.6. The number of carbonyl (C=O) groups excluding carboxylic acids is 1. The van der Waals surface area contributed by atoms with Crippen molar-refractivity contribution in [3.8, 4) is 0 Å². The van der Waals surface area contributed by atoms with Gasteiger partial charge in [-0.1, -0.05) is 60.1 Å². The van der Waals surface area contributed by atoms with Gasteiger partial charge in [0.1, 0.15) is 0 Å². The number of hydrogen-bond donors (Lipinski definition) is 1. The van der Waals surface area contributed by atoms with E-state index >= 15 is 0 Å². The lowest BCUT2D eigenvalue weighted by Gasteiger charge is -2.32. The molecule has 1 heterocycles. The van der Waals surface area contributed by atoms with Gasteiger partial charge in [0.15, 0.2) is 0 Å². The van der Waals surface area contributed by atoms with Gasteiger partial charge >= 0.3 is 0 Å². The summed E-state index contributed by atoms with van der Waals surface area (Å²) < 4.78 is 0. The fraction of sp³-hybridized carbons (Fsp3) is 0.296. The van der Waals surface area contributed by atoms with E-state index in [9.17, 15) is 4.79 Å². The van der Waals surface area contributed by atoms with Crippen LogP contribution in [0.25, 0.3) is 0 Å². The molecule has 1 N–H and O–H groups in total. The van der Waals surface area contributed by atoms with Gasteiger partial charge in [-0.15, -0.1) is 0 Å². The van der Waals surface area contributed by atoms with Crippen LogP contribution in [0.2, 0.25) is 5.02 Å². The Bertz CT molecular complexity index is 1010. The lowest BCUT2D eigenvalue weighted by atomic mass is 9.90. The zero-order chi connectivity index (χ0) is 21.6. The molecule has 0 bridgehead atoms. The highest BCUT2D eigenvalue weighted by Gasteiger charge is 2.19. The predicted octanol–water partition coefficient (Wildman–Crippen LogP) is 6.36. The Labute approximate surface area is 190 Å². The van der Waals surface area contributed by atoms with Crippen molar-refractivity contribution in [1.82, 2.24) is 4.90 Å². The summed E-state index contributed by atoms with van der Waals surface area (Å²) in [6, 6.07) is 24.3. The molecule has 3 aromatic carbocycles. The molecule has 0 spiro atoms. The number of carbonyl (C=O) groups is 1. The standard InChI is InChI=1S/C27H29ClN2O/c1-20-7-12-25(28)18-26(20)29-27(31)24-10-8-23(9-11-24)19-30-15-13-22(14-16-30)17-21-5-3-2-4-6-21/h2-12,18,22H,13-17,19H2,1H3,(H,29,31). The second kappa shape index (κ2) is 10.1. The van der Waals surface area contributed by atoms with E-state index in [2.05, 4.69) is 52.7 Å². The molecule has 0 unspecified atom stereocenters. The number of amides is 1. The number of piperidine rings is 1. The van der Waals surface area contributed by atoms with Crippen LogP contribution in [0, 0.1) is 12.8 Å². The molecule has 3 aromatic rings. The van der Waals surface area contributed by atoms with E-state index < -0.39 is 0 Å². The summed E-state index contributed by atoms with van der Waals surface area (Å²) in [5, 5.41) is 3.57. The summed E-state index contributed by atoms with van der Waals surface area (Å²) >= 11 is 6.05. The first kappa shape index (κ1) is 21.6. The highest BCUT2D eigenvalue weighted by Crippen LogP contribution is 2.24. The number of nitrogens with zero attached hydrogens (tertiary/aromatic N) is 1. The van der Waals surface area contributed by atoms with E-state index in [0.717, 1.165) is 36.8 Å². The molecule has 31 heavy (non-hydrogen) atoms. The Balaban J connectivity index is 1.28. The van der Waals surface area contributed by atoms with Gasteiger partial charge < -0.3 is 5.32 Å². The molecular formula is C27H29ClN2O. The van der Waals surface area contributed by atoms with Crippen LogP contribution in [-0.4, -0.2) is 23.9 Å². The molecule has 4 heteroatoms. The van der Waals surface area contributed by atoms with E-state index in [-0.39, 0.29) is 5.91 Å². The van der Waals surface area contributed by atoms with Crippen LogP contribution in [0.1, 0.15) is 39.9 Å². The van der Waals surface area contributed by atoms with Gasteiger partial charge in [0.05, 0.1) is 0 Å². The third-order valence-corrected chi connectivity index (χ3v) is 6.38. The second-order valence-electron chi connectivity index (χ2n) is 8.52. The minimum absolute atomic E-state index is 0.112. The van der Waals surface area contributed by atoms with E-state index in [4.69, 9.17) is 11.6 Å². The summed E-state index contributed by atoms with van der Waals surface area (Å²) in [5.74, 6) is 0.665. The first-order valence-electron chi connectivity index (χ1n) is 11.0. The Kier molecular flexibility index (Phi) is 7.06. The molecule has 1 saturated heterocycles. The van der Waals surface area contributed by atoms with Crippen molar-refractivity contribution in [2.75, 3.05) is 18.4 Å². The molecular weight excluding hydrogens is 404 g/mol. The van der Waals surface area contributed by atoms with Crippen molar-refractivity contribution >= 4 is 23.2 Å². The number of anilines is 1. The monoisotopic (exact) mass is 432 g/mol. The molecule has 4 rings (SSSR count). The van der Waals surface area contributed by atoms with Crippen LogP contribution < -0.4 is 5.32 Å². The largest absolute Gasteiger partial charge is 0.322 e. The van der Waals surface area contributed by atoms with E-state index in [1.54, 1.807) is 6.07 Å². The second-order valence-corrected chi connectivity index (χ2v) is 8.96. The van der Waals surface area contributed by atoms with Crippen molar-refractivity contribution in [2.24, 2.45) is 5.92 Å². The van der Waals surface area contributed by atoms with Gasteiger partial charge in [-0.2, -0.15) is 0 Å². The molecule has 1 fully saturated rings. The Hall–Kier alpha value is -2.62. The molecule has 0 atom stereocenters. The molecule has 3 nitrogen and oxygen atoms in total. The van der Waals surface area contributed by atoms with Gasteiger partial charge in [-0.3, -0.25) is 9.69 Å². The first-order valence-corrected chi connectivity index (χ1v) is 11.4. The summed E-state index contributed by atoms with van der Waals surface area (Å²) in [4.78, 5) is 15.1. The number of likely N-dealkylation sites (tertiary alicyclic amines) is 1. The fourth-order valence-electron chi connectivity index (χ4n) is 4.24. The van der Waals surface area contributed by atoms with Crippen molar-refractivity contribution in [2.45, 2.75) is 32.7 Å². The number of hydrogen-bond acceptors (Lipinski definition) is 2. The average Bonchev–Trinajstić information content (AvgIpc) is 2.79. The van der Waals surface area contributed by atoms with E-state index in [1.807, 2.05) is 31.2 Å². The number of benzene rings is 3. The third kappa shape index (κ3) is 5.96. The highest BCUT2D eigenvalue weighted by atomic mass is 35.5. The van der Waals surface area contributed by atoms with Crippen LogP contribution in [0.3, 0.4) is 0 Å². The minimum atomic E-state index is -0.112. The maximum Gasteiger partial charge on any atom is 0.255 e. The van der Waals surface area contributed by atoms with Crippen molar-refractivity contribution in [3.63, 3.8) is 0 Å². The Morgan fingerprint density at radius 3 is 2.39 bits per heavy atom. The number of aryl methyl sites for hydroxylation is 1. The van der Waals surface area contributed by atoms with Gasteiger partial charge in [0, 0.05) is 22.8 Å². The maximum atomic E-state index is 12.6. The quantitative estimate of drug-likeness (QED) is 0.491. The number of nitrogens with one attached hydrogen (secondary N) is 1. The highest BCUT2D eigenvalue weighted by molar-refractivity contribution is 6.31. The number of halogens is 1. The van der Waals surface area contributed by atoms with Crippen LogP contribution >= 0.6 is 11.6 Å². The summed E-state index contributed by atoms with van der Waals surface area (Å²) in [7, 11) is 0. The molecule has 0 aromatic heterocycles. The summed E-state index contributed by atoms with van der Waals surface area (Å²) in [6.45, 7) is 5.16. The Morgan fingerprint density at radius 2 is 1.68 bits per heavy atom. The molecule has 1 aliphatic rings. The topological polar surface area (TPSA) is 32.3 Å². The normalized spacial score (nSPS) is 15.0. The van der Waals surface area contributed by atoms with Crippen LogP contribution in [0.4, 0.5) is 5.69 Å². The molecule has 0 aliphatic carbocycles. The van der Waals surface area contributed by atoms with Gasteiger partial charge in [-0.25, -0.2) is 0 Å². The average molecular weight is 433 g/mol. The molecule has 160 valence electrons. The van der Waals surface area contributed by atoms with Crippen LogP contribution in [0.15, 0.2) is 72.8 Å². The predicted molar refractivity (Wildman–Crippen MR) is 129 cm³/mol. The molecule has 0 radical (unpaired) electrons. The van der Waals surface area contributed by atoms with Gasteiger partial charge in [-0.05, 0) is 86.1 Å². The SMILES string of the molecule is Cc1ccc(Cl)cc1NC(=O)c1ccc(CN2CCC(Cc3ccccc3)CC2)cc1. The van der Waals surface area contributed by atoms with Crippen LogP contribution in [0.5, 0.6) is 0 Å². The molecule has 0 saturated carbocycles. The van der Waals surface area contributed by atoms with E-state index in [0.29, 0.717) is 10.6 Å². The van der Waals surface area contributed by atoms with Gasteiger partial charge in [0.25, 0.3) is 5.91 Å². The first-order chi connectivity index (χ1) is 15.1. The zero-order valence-electron chi connectivity index (χ0n) is 18.0. The smallest absolute Gasteiger partial charge is 0.255 e. The van der Waals surface area contributed by atoms with E-state index in [1.165, 1.54) is 30.4 Å². The molecule has 1 aliphatic heterocycles. The lowest BCUT2D eigenvalue weighted by Crippen LogP contribution is -2.33. The van der Waals surface area contributed by atoms with Gasteiger partial charge in [0.2, 0.25) is 0 Å². The van der Waals surface area contributed by atoms with Crippen LogP contribution in [-0.2, 0) is 13.0 Å². The lowest BCUT2D eigenvalue weighted by molar-refractivity contribution is 0.102. The minimum Gasteiger partial charge on any atom is -0.322 e. The molecule has 1 amide bonds. The Morgan fingerprint density at radius 1 is 0.968 bits per heavy atom. The van der Waals surface area contributed by atoms with Crippen molar-refractivity contribution in [3.05, 3.63) is 100 Å². The summed E-state index contributed by atoms with van der Waals surface area (Å²) in [6.07, 6.45) is 3.67. The number of rotatable bonds is 6. The third-order valence-electron chi connectivity index (χ3n) is 6.14. The van der Waals surface area contributed by atoms with Crippen molar-refractivity contribution in [1.29, 1.82) is 0 Å². The summed E-state index contributed by atoms with van der Waals surface area (Å²) in [5.41, 5.74) is 5.09. The zero-order valence-corrected chi connectivity index (χ0v) is 18.7. The fourth-order valence-corrected chi connectivity index (χ4v) is 4.41. The van der Waals surface area contributed by atoms with Crippen molar-refractivity contribution < 1.29 is 4.79 Å².